The van der Waals surface area contributed by atoms with Crippen LogP contribution >= 0.6 is 0 Å². The standard InChI is InChI=1S/C21H41N5O5/c1-6-12(3)16(20(29)26-17(21(30)31)13(4)7-2)25-18(27)14(5)24-19(28)15(23)10-8-9-11-22/h12-17H,6-11,22-23H2,1-5H3,(H,24,28)(H,25,27)(H,26,29)(H,30,31). The molecule has 0 rings (SSSR count). The number of carboxylic acids is 1. The maximum absolute atomic E-state index is 12.8. The molecule has 0 aromatic rings. The molecule has 0 saturated heterocycles. The highest BCUT2D eigenvalue weighted by atomic mass is 16.4. The van der Waals surface area contributed by atoms with Gasteiger partial charge in [-0.05, 0) is 38.1 Å². The van der Waals surface area contributed by atoms with Crippen LogP contribution in [0.15, 0.2) is 0 Å². The first kappa shape index (κ1) is 28.8. The zero-order valence-corrected chi connectivity index (χ0v) is 19.4. The molecule has 0 aromatic carbocycles. The van der Waals surface area contributed by atoms with Crippen molar-refractivity contribution in [3.05, 3.63) is 0 Å². The van der Waals surface area contributed by atoms with E-state index in [2.05, 4.69) is 16.0 Å². The van der Waals surface area contributed by atoms with Crippen molar-refractivity contribution in [2.75, 3.05) is 6.54 Å². The van der Waals surface area contributed by atoms with Crippen molar-refractivity contribution in [1.82, 2.24) is 16.0 Å². The number of rotatable bonds is 15. The lowest BCUT2D eigenvalue weighted by molar-refractivity contribution is -0.144. The molecule has 0 aliphatic rings. The van der Waals surface area contributed by atoms with Gasteiger partial charge in [-0.2, -0.15) is 0 Å². The lowest BCUT2D eigenvalue weighted by Gasteiger charge is -2.28. The van der Waals surface area contributed by atoms with E-state index in [1.165, 1.54) is 6.92 Å². The molecule has 3 amide bonds. The van der Waals surface area contributed by atoms with Gasteiger partial charge in [0.25, 0.3) is 0 Å². The molecule has 6 atom stereocenters. The third-order valence-electron chi connectivity index (χ3n) is 5.63. The van der Waals surface area contributed by atoms with E-state index < -0.39 is 47.9 Å². The first-order valence-electron chi connectivity index (χ1n) is 11.1. The number of hydrogen-bond acceptors (Lipinski definition) is 6. The second kappa shape index (κ2) is 14.7. The fraction of sp³-hybridized carbons (Fsp3) is 0.810. The molecule has 31 heavy (non-hydrogen) atoms. The van der Waals surface area contributed by atoms with Gasteiger partial charge in [0.05, 0.1) is 6.04 Å². The van der Waals surface area contributed by atoms with Crippen molar-refractivity contribution in [3.8, 4) is 0 Å². The Morgan fingerprint density at radius 3 is 1.81 bits per heavy atom. The van der Waals surface area contributed by atoms with Crippen LogP contribution in [0.1, 0.15) is 66.7 Å². The van der Waals surface area contributed by atoms with Crippen molar-refractivity contribution < 1.29 is 24.3 Å². The molecule has 180 valence electrons. The Hall–Kier alpha value is -2.20. The molecule has 10 nitrogen and oxygen atoms in total. The highest BCUT2D eigenvalue weighted by molar-refractivity contribution is 5.94. The van der Waals surface area contributed by atoms with Crippen LogP contribution in [0.4, 0.5) is 0 Å². The highest BCUT2D eigenvalue weighted by Gasteiger charge is 2.33. The van der Waals surface area contributed by atoms with Gasteiger partial charge in [0, 0.05) is 0 Å². The van der Waals surface area contributed by atoms with E-state index in [0.29, 0.717) is 32.2 Å². The number of nitrogens with one attached hydrogen (secondary N) is 3. The van der Waals surface area contributed by atoms with Crippen LogP contribution in [0, 0.1) is 11.8 Å². The van der Waals surface area contributed by atoms with E-state index in [4.69, 9.17) is 11.5 Å². The summed E-state index contributed by atoms with van der Waals surface area (Å²) in [5.41, 5.74) is 11.3. The molecule has 0 fully saturated rings. The predicted molar refractivity (Wildman–Crippen MR) is 119 cm³/mol. The van der Waals surface area contributed by atoms with Gasteiger partial charge in [-0.1, -0.05) is 47.0 Å². The van der Waals surface area contributed by atoms with E-state index in [9.17, 15) is 24.3 Å². The number of carboxylic acid groups (broad SMARTS) is 1. The van der Waals surface area contributed by atoms with E-state index in [-0.39, 0.29) is 11.8 Å². The average molecular weight is 444 g/mol. The summed E-state index contributed by atoms with van der Waals surface area (Å²) in [6.07, 6.45) is 3.10. The molecule has 0 heterocycles. The normalized spacial score (nSPS) is 16.9. The van der Waals surface area contributed by atoms with Gasteiger partial charge in [-0.25, -0.2) is 4.79 Å². The minimum Gasteiger partial charge on any atom is -0.480 e. The van der Waals surface area contributed by atoms with Crippen molar-refractivity contribution in [3.63, 3.8) is 0 Å². The Labute approximate surface area is 185 Å². The van der Waals surface area contributed by atoms with Crippen LogP contribution in [-0.2, 0) is 19.2 Å². The first-order valence-corrected chi connectivity index (χ1v) is 11.1. The number of hydrogen-bond donors (Lipinski definition) is 6. The Morgan fingerprint density at radius 2 is 1.32 bits per heavy atom. The van der Waals surface area contributed by atoms with Gasteiger partial charge >= 0.3 is 5.97 Å². The van der Waals surface area contributed by atoms with Crippen LogP contribution in [0.5, 0.6) is 0 Å². The summed E-state index contributed by atoms with van der Waals surface area (Å²) in [5.74, 6) is -3.19. The Morgan fingerprint density at radius 1 is 0.806 bits per heavy atom. The lowest BCUT2D eigenvalue weighted by Crippen LogP contribution is -2.58. The Bertz CT molecular complexity index is 601. The zero-order chi connectivity index (χ0) is 24.1. The molecular formula is C21H41N5O5. The number of nitrogens with two attached hydrogens (primary N) is 2. The fourth-order valence-electron chi connectivity index (χ4n) is 2.93. The van der Waals surface area contributed by atoms with Crippen LogP contribution in [0.25, 0.3) is 0 Å². The van der Waals surface area contributed by atoms with Crippen LogP contribution in [0.3, 0.4) is 0 Å². The molecule has 0 radical (unpaired) electrons. The Kier molecular flexibility index (Phi) is 13.7. The van der Waals surface area contributed by atoms with Gasteiger partial charge in [0.2, 0.25) is 17.7 Å². The number of carbonyl (C=O) groups excluding carboxylic acids is 3. The summed E-state index contributed by atoms with van der Waals surface area (Å²) >= 11 is 0. The maximum atomic E-state index is 12.8. The average Bonchev–Trinajstić information content (AvgIpc) is 2.73. The van der Waals surface area contributed by atoms with Crippen LogP contribution < -0.4 is 27.4 Å². The van der Waals surface area contributed by atoms with Crippen molar-refractivity contribution in [2.45, 2.75) is 90.9 Å². The Balaban J connectivity index is 5.10. The third kappa shape index (κ3) is 10.1. The van der Waals surface area contributed by atoms with Crippen LogP contribution in [-0.4, -0.2) is 59.5 Å². The van der Waals surface area contributed by atoms with E-state index in [1.807, 2.05) is 13.8 Å². The van der Waals surface area contributed by atoms with E-state index >= 15 is 0 Å². The zero-order valence-electron chi connectivity index (χ0n) is 19.4. The summed E-state index contributed by atoms with van der Waals surface area (Å²) in [6, 6.07) is -3.63. The van der Waals surface area contributed by atoms with Gasteiger partial charge in [0.1, 0.15) is 18.1 Å². The fourth-order valence-corrected chi connectivity index (χ4v) is 2.93. The van der Waals surface area contributed by atoms with E-state index in [1.54, 1.807) is 13.8 Å². The molecule has 0 aromatic heterocycles. The van der Waals surface area contributed by atoms with Gasteiger partial charge < -0.3 is 32.5 Å². The molecule has 0 spiro atoms. The summed E-state index contributed by atoms with van der Waals surface area (Å²) in [4.78, 5) is 49.2. The molecule has 10 heteroatoms. The predicted octanol–water partition coefficient (Wildman–Crippen LogP) is 0.0938. The monoisotopic (exact) mass is 443 g/mol. The highest BCUT2D eigenvalue weighted by Crippen LogP contribution is 2.12. The van der Waals surface area contributed by atoms with E-state index in [0.717, 1.165) is 6.42 Å². The maximum Gasteiger partial charge on any atom is 0.326 e. The van der Waals surface area contributed by atoms with Gasteiger partial charge in [0.15, 0.2) is 0 Å². The number of amides is 3. The number of carbonyl (C=O) groups is 4. The number of unbranched alkanes of at least 4 members (excludes halogenated alkanes) is 1. The molecule has 0 bridgehead atoms. The second-order valence-electron chi connectivity index (χ2n) is 8.20. The topological polar surface area (TPSA) is 177 Å². The summed E-state index contributed by atoms with van der Waals surface area (Å²) in [7, 11) is 0. The van der Waals surface area contributed by atoms with Crippen molar-refractivity contribution in [1.29, 1.82) is 0 Å². The van der Waals surface area contributed by atoms with Crippen LogP contribution in [0.2, 0.25) is 0 Å². The SMILES string of the molecule is CCC(C)C(NC(=O)C(NC(=O)C(C)NC(=O)C(N)CCCCN)C(C)CC)C(=O)O. The summed E-state index contributed by atoms with van der Waals surface area (Å²) in [5, 5.41) is 17.2. The third-order valence-corrected chi connectivity index (χ3v) is 5.63. The molecule has 6 unspecified atom stereocenters. The number of aliphatic carboxylic acids is 1. The van der Waals surface area contributed by atoms with Gasteiger partial charge in [-0.3, -0.25) is 14.4 Å². The second-order valence-corrected chi connectivity index (χ2v) is 8.20. The summed E-state index contributed by atoms with van der Waals surface area (Å²) < 4.78 is 0. The first-order chi connectivity index (χ1) is 14.5. The van der Waals surface area contributed by atoms with Crippen molar-refractivity contribution >= 4 is 23.7 Å². The van der Waals surface area contributed by atoms with Crippen molar-refractivity contribution in [2.24, 2.45) is 23.3 Å². The molecule has 0 aliphatic carbocycles. The lowest BCUT2D eigenvalue weighted by atomic mass is 9.95. The molecule has 0 aliphatic heterocycles. The molecular weight excluding hydrogens is 402 g/mol. The quantitative estimate of drug-likeness (QED) is 0.194. The van der Waals surface area contributed by atoms with Gasteiger partial charge in [-0.15, -0.1) is 0 Å². The molecule has 0 saturated carbocycles. The smallest absolute Gasteiger partial charge is 0.326 e. The minimum absolute atomic E-state index is 0.239. The molecule has 8 N–H and O–H groups in total. The largest absolute Gasteiger partial charge is 0.480 e. The summed E-state index contributed by atoms with van der Waals surface area (Å²) in [6.45, 7) is 9.26. The minimum atomic E-state index is -1.12.